The molecule has 1 amide bonds. The fourth-order valence-corrected chi connectivity index (χ4v) is 4.70. The van der Waals surface area contributed by atoms with E-state index >= 15 is 0 Å². The van der Waals surface area contributed by atoms with Crippen LogP contribution in [0.1, 0.15) is 69.3 Å². The molecule has 202 valence electrons. The summed E-state index contributed by atoms with van der Waals surface area (Å²) in [6.45, 7) is 6.01. The van der Waals surface area contributed by atoms with Crippen LogP contribution in [-0.2, 0) is 0 Å². The summed E-state index contributed by atoms with van der Waals surface area (Å²) >= 11 is 0. The Morgan fingerprint density at radius 2 is 1.87 bits per heavy atom. The number of pyridine rings is 1. The van der Waals surface area contributed by atoms with Gasteiger partial charge in [-0.3, -0.25) is 9.78 Å². The average molecular weight is 524 g/mol. The fourth-order valence-electron chi connectivity index (χ4n) is 4.70. The van der Waals surface area contributed by atoms with Crippen LogP contribution in [0.4, 0.5) is 10.1 Å². The first-order valence-electron chi connectivity index (χ1n) is 12.7. The van der Waals surface area contributed by atoms with Crippen molar-refractivity contribution in [2.75, 3.05) is 11.9 Å². The Kier molecular flexibility index (Phi) is 7.67. The number of hydrogen-bond donors (Lipinski definition) is 4. The third-order valence-corrected chi connectivity index (χ3v) is 7.20. The molecule has 4 rings (SSSR count). The lowest BCUT2D eigenvalue weighted by Gasteiger charge is -2.36. The maximum atomic E-state index is 14.3. The minimum absolute atomic E-state index is 0.0687. The Hall–Kier alpha value is -3.62. The van der Waals surface area contributed by atoms with Gasteiger partial charge in [0.15, 0.2) is 5.65 Å². The van der Waals surface area contributed by atoms with Gasteiger partial charge in [-0.1, -0.05) is 0 Å². The van der Waals surface area contributed by atoms with Crippen LogP contribution in [0, 0.1) is 17.2 Å². The number of nitrogens with zero attached hydrogens (tertiary/aromatic N) is 5. The molecule has 0 saturated heterocycles. The molecule has 38 heavy (non-hydrogen) atoms. The number of carbonyl (C=O) groups is 1. The van der Waals surface area contributed by atoms with Crippen molar-refractivity contribution < 1.29 is 19.4 Å². The zero-order valence-corrected chi connectivity index (χ0v) is 22.1. The van der Waals surface area contributed by atoms with Crippen molar-refractivity contribution in [1.82, 2.24) is 24.9 Å². The van der Waals surface area contributed by atoms with E-state index < -0.39 is 23.3 Å². The molecule has 3 heterocycles. The maximum absolute atomic E-state index is 14.3. The topological polar surface area (TPSA) is 148 Å². The standard InChI is InChI=1S/C27H34FN7O3/c1-26(2,37)17-5-7-18(8-6-17)34-20-10-21(22-14-31-24-9-16(11-29)12-33-35(22)24)30-13-19(20)25(36)32-15-23(28)27(3,4)38/h9-10,12-14,17-18,23,37-38H,5-8,15H2,1-4H3,(H,30,34)(H,32,36). The highest BCUT2D eigenvalue weighted by atomic mass is 19.1. The second-order valence-corrected chi connectivity index (χ2v) is 11.1. The summed E-state index contributed by atoms with van der Waals surface area (Å²) in [6.07, 6.45) is 6.13. The monoisotopic (exact) mass is 523 g/mol. The third-order valence-electron chi connectivity index (χ3n) is 7.20. The molecule has 1 unspecified atom stereocenters. The van der Waals surface area contributed by atoms with Crippen molar-refractivity contribution in [2.24, 2.45) is 5.92 Å². The van der Waals surface area contributed by atoms with Crippen molar-refractivity contribution in [2.45, 2.75) is 76.8 Å². The van der Waals surface area contributed by atoms with Crippen LogP contribution in [0.25, 0.3) is 17.0 Å². The Balaban J connectivity index is 1.63. The lowest BCUT2D eigenvalue weighted by Crippen LogP contribution is -2.42. The summed E-state index contributed by atoms with van der Waals surface area (Å²) in [5.74, 6) is -0.319. The molecule has 4 N–H and O–H groups in total. The third kappa shape index (κ3) is 6.09. The second-order valence-electron chi connectivity index (χ2n) is 11.1. The second kappa shape index (κ2) is 10.6. The van der Waals surface area contributed by atoms with E-state index in [1.165, 1.54) is 26.2 Å². The summed E-state index contributed by atoms with van der Waals surface area (Å²) in [5, 5.41) is 39.7. The number of halogens is 1. The summed E-state index contributed by atoms with van der Waals surface area (Å²) in [5.41, 5.74) is 0.409. The van der Waals surface area contributed by atoms with Gasteiger partial charge in [0.2, 0.25) is 0 Å². The molecule has 1 aliphatic rings. The molecule has 11 heteroatoms. The van der Waals surface area contributed by atoms with Gasteiger partial charge in [0.05, 0.1) is 52.6 Å². The van der Waals surface area contributed by atoms with E-state index in [1.807, 2.05) is 19.9 Å². The van der Waals surface area contributed by atoms with E-state index in [4.69, 9.17) is 5.26 Å². The van der Waals surface area contributed by atoms with Gasteiger partial charge < -0.3 is 20.8 Å². The number of fused-ring (bicyclic) bond motifs is 1. The molecule has 0 spiro atoms. The predicted octanol–water partition coefficient (Wildman–Crippen LogP) is 3.24. The van der Waals surface area contributed by atoms with Crippen molar-refractivity contribution in [1.29, 1.82) is 5.26 Å². The molecule has 10 nitrogen and oxygen atoms in total. The molecule has 1 fully saturated rings. The van der Waals surface area contributed by atoms with E-state index in [1.54, 1.807) is 22.8 Å². The smallest absolute Gasteiger partial charge is 0.255 e. The number of imidazole rings is 1. The normalized spacial score (nSPS) is 19.1. The van der Waals surface area contributed by atoms with E-state index in [2.05, 4.69) is 25.7 Å². The van der Waals surface area contributed by atoms with Crippen LogP contribution >= 0.6 is 0 Å². The highest BCUT2D eigenvalue weighted by molar-refractivity contribution is 6.00. The number of alkyl halides is 1. The van der Waals surface area contributed by atoms with Crippen LogP contribution in [0.5, 0.6) is 0 Å². The first-order chi connectivity index (χ1) is 17.9. The Bertz CT molecular complexity index is 1350. The molecular weight excluding hydrogens is 489 g/mol. The van der Waals surface area contributed by atoms with E-state index in [0.717, 1.165) is 25.7 Å². The predicted molar refractivity (Wildman–Crippen MR) is 140 cm³/mol. The number of nitriles is 1. The summed E-state index contributed by atoms with van der Waals surface area (Å²) < 4.78 is 15.9. The highest BCUT2D eigenvalue weighted by Gasteiger charge is 2.32. The molecule has 0 aliphatic heterocycles. The van der Waals surface area contributed by atoms with Gasteiger partial charge in [0, 0.05) is 18.3 Å². The zero-order chi connectivity index (χ0) is 27.7. The quantitative estimate of drug-likeness (QED) is 0.352. The average Bonchev–Trinajstić information content (AvgIpc) is 3.29. The SMILES string of the molecule is CC(C)(O)C(F)CNC(=O)c1cnc(-c2cnc3cc(C#N)cnn23)cc1NC1CCC(C(C)(C)O)CC1. The number of hydrogen-bond acceptors (Lipinski definition) is 8. The van der Waals surface area contributed by atoms with Crippen LogP contribution in [0.3, 0.4) is 0 Å². The fraction of sp³-hybridized carbons (Fsp3) is 0.519. The van der Waals surface area contributed by atoms with E-state index in [-0.39, 0.29) is 24.1 Å². The molecule has 3 aromatic heterocycles. The number of anilines is 1. The van der Waals surface area contributed by atoms with Gasteiger partial charge in [0.25, 0.3) is 5.91 Å². The largest absolute Gasteiger partial charge is 0.390 e. The number of carbonyl (C=O) groups excluding carboxylic acids is 1. The molecular formula is C27H34FN7O3. The number of aliphatic hydroxyl groups is 2. The summed E-state index contributed by atoms with van der Waals surface area (Å²) in [7, 11) is 0. The molecule has 0 radical (unpaired) electrons. The summed E-state index contributed by atoms with van der Waals surface area (Å²) in [6, 6.07) is 5.47. The molecule has 1 saturated carbocycles. The van der Waals surface area contributed by atoms with Crippen molar-refractivity contribution >= 4 is 17.2 Å². The number of aromatic nitrogens is 4. The Morgan fingerprint density at radius 1 is 1.16 bits per heavy atom. The van der Waals surface area contributed by atoms with Crippen LogP contribution in [0.15, 0.2) is 30.7 Å². The Morgan fingerprint density at radius 3 is 2.50 bits per heavy atom. The van der Waals surface area contributed by atoms with Crippen molar-refractivity contribution in [3.63, 3.8) is 0 Å². The highest BCUT2D eigenvalue weighted by Crippen LogP contribution is 2.34. The lowest BCUT2D eigenvalue weighted by atomic mass is 9.77. The van der Waals surface area contributed by atoms with Gasteiger partial charge in [0.1, 0.15) is 17.9 Å². The summed E-state index contributed by atoms with van der Waals surface area (Å²) in [4.78, 5) is 21.9. The van der Waals surface area contributed by atoms with Crippen LogP contribution in [0.2, 0.25) is 0 Å². The zero-order valence-electron chi connectivity index (χ0n) is 22.1. The van der Waals surface area contributed by atoms with Gasteiger partial charge >= 0.3 is 0 Å². The van der Waals surface area contributed by atoms with Crippen LogP contribution in [-0.4, -0.2) is 65.7 Å². The number of amides is 1. The number of nitrogens with one attached hydrogen (secondary N) is 2. The van der Waals surface area contributed by atoms with Gasteiger partial charge in [-0.05, 0) is 65.4 Å². The first-order valence-corrected chi connectivity index (χ1v) is 12.7. The molecule has 0 bridgehead atoms. The molecule has 3 aromatic rings. The minimum Gasteiger partial charge on any atom is -0.390 e. The number of rotatable bonds is 8. The van der Waals surface area contributed by atoms with Crippen molar-refractivity contribution in [3.8, 4) is 17.5 Å². The van der Waals surface area contributed by atoms with Gasteiger partial charge in [-0.2, -0.15) is 10.4 Å². The molecule has 1 aliphatic carbocycles. The van der Waals surface area contributed by atoms with Crippen molar-refractivity contribution in [3.05, 3.63) is 41.9 Å². The lowest BCUT2D eigenvalue weighted by molar-refractivity contribution is -0.00183. The Labute approximate surface area is 220 Å². The molecule has 0 aromatic carbocycles. The van der Waals surface area contributed by atoms with Crippen LogP contribution < -0.4 is 10.6 Å². The maximum Gasteiger partial charge on any atom is 0.255 e. The van der Waals surface area contributed by atoms with Gasteiger partial charge in [-0.15, -0.1) is 0 Å². The first kappa shape index (κ1) is 27.4. The van der Waals surface area contributed by atoms with E-state index in [0.29, 0.717) is 28.3 Å². The van der Waals surface area contributed by atoms with Gasteiger partial charge in [-0.25, -0.2) is 13.9 Å². The van der Waals surface area contributed by atoms with E-state index in [9.17, 15) is 19.4 Å². The molecule has 1 atom stereocenters. The minimum atomic E-state index is -1.64.